The maximum absolute atomic E-state index is 14.1. The fourth-order valence-electron chi connectivity index (χ4n) is 4.25. The van der Waals surface area contributed by atoms with Gasteiger partial charge in [-0.25, -0.2) is 4.39 Å². The van der Waals surface area contributed by atoms with Crippen LogP contribution in [0.1, 0.15) is 39.3 Å². The Balaban J connectivity index is 1.68. The smallest absolute Gasteiger partial charge is 0.392 e. The van der Waals surface area contributed by atoms with Crippen molar-refractivity contribution in [3.63, 3.8) is 0 Å². The zero-order chi connectivity index (χ0) is 24.9. The van der Waals surface area contributed by atoms with E-state index < -0.39 is 64.7 Å². The van der Waals surface area contributed by atoms with Gasteiger partial charge in [-0.3, -0.25) is 24.1 Å². The summed E-state index contributed by atoms with van der Waals surface area (Å²) in [6.45, 7) is -0.467. The Morgan fingerprint density at radius 1 is 1.29 bits per heavy atom. The number of fused-ring (bicyclic) bond motifs is 3. The van der Waals surface area contributed by atoms with Gasteiger partial charge < -0.3 is 15.3 Å². The molecule has 0 spiro atoms. The van der Waals surface area contributed by atoms with Crippen LogP contribution in [0.4, 0.5) is 17.6 Å². The lowest BCUT2D eigenvalue weighted by molar-refractivity contribution is -0.185. The first kappa shape index (κ1) is 23.9. The van der Waals surface area contributed by atoms with Crippen LogP contribution in [0.25, 0.3) is 0 Å². The molecular weight excluding hydrogens is 484 g/mol. The number of halogens is 5. The van der Waals surface area contributed by atoms with E-state index in [2.05, 4.69) is 5.32 Å². The number of aromatic hydroxyl groups is 1. The van der Waals surface area contributed by atoms with E-state index >= 15 is 0 Å². The van der Waals surface area contributed by atoms with E-state index in [-0.39, 0.29) is 30.1 Å². The van der Waals surface area contributed by atoms with Crippen LogP contribution in [0, 0.1) is 11.7 Å². The summed E-state index contributed by atoms with van der Waals surface area (Å²) in [7, 11) is 1.28. The lowest BCUT2D eigenvalue weighted by Crippen LogP contribution is -2.64. The van der Waals surface area contributed by atoms with E-state index in [0.717, 1.165) is 15.8 Å². The lowest BCUT2D eigenvalue weighted by atomic mass is 9.93. The largest absolute Gasteiger partial charge is 0.502 e. The van der Waals surface area contributed by atoms with Gasteiger partial charge in [-0.05, 0) is 18.9 Å². The van der Waals surface area contributed by atoms with Crippen LogP contribution < -0.4 is 15.8 Å². The van der Waals surface area contributed by atoms with Gasteiger partial charge in [0.15, 0.2) is 11.4 Å². The third-order valence-corrected chi connectivity index (χ3v) is 6.43. The van der Waals surface area contributed by atoms with Gasteiger partial charge in [-0.1, -0.05) is 23.7 Å². The average molecular weight is 503 g/mol. The monoisotopic (exact) mass is 502 g/mol. The van der Waals surface area contributed by atoms with Gasteiger partial charge in [0.1, 0.15) is 17.5 Å². The third-order valence-electron chi connectivity index (χ3n) is 6.14. The fourth-order valence-corrected chi connectivity index (χ4v) is 4.44. The highest BCUT2D eigenvalue weighted by Gasteiger charge is 2.49. The third kappa shape index (κ3) is 3.95. The predicted octanol–water partition coefficient (Wildman–Crippen LogP) is 2.60. The van der Waals surface area contributed by atoms with Crippen molar-refractivity contribution in [2.24, 2.45) is 5.92 Å². The number of pyridine rings is 1. The number of aromatic nitrogens is 1. The summed E-state index contributed by atoms with van der Waals surface area (Å²) in [5.74, 6) is -5.21. The number of nitrogens with zero attached hydrogens (tertiary/aromatic N) is 3. The van der Waals surface area contributed by atoms with E-state index in [0.29, 0.717) is 0 Å². The Kier molecular flexibility index (Phi) is 5.96. The summed E-state index contributed by atoms with van der Waals surface area (Å²) < 4.78 is 55.0. The molecule has 2 N–H and O–H groups in total. The van der Waals surface area contributed by atoms with Crippen LogP contribution >= 0.6 is 11.6 Å². The van der Waals surface area contributed by atoms with Gasteiger partial charge in [0.2, 0.25) is 5.43 Å². The minimum Gasteiger partial charge on any atom is -0.502 e. The predicted molar refractivity (Wildman–Crippen MR) is 113 cm³/mol. The molecule has 2 aromatic rings. The highest BCUT2D eigenvalue weighted by Crippen LogP contribution is 2.39. The first-order valence-electron chi connectivity index (χ1n) is 10.2. The second-order valence-corrected chi connectivity index (χ2v) is 8.54. The molecule has 2 atom stereocenters. The Morgan fingerprint density at radius 3 is 2.68 bits per heavy atom. The molecule has 1 aromatic heterocycles. The molecule has 0 unspecified atom stereocenters. The summed E-state index contributed by atoms with van der Waals surface area (Å²) in [5.41, 5.74) is -2.10. The Bertz CT molecular complexity index is 1230. The van der Waals surface area contributed by atoms with Gasteiger partial charge in [-0.15, -0.1) is 0 Å². The summed E-state index contributed by atoms with van der Waals surface area (Å²) in [6, 6.07) is 4.17. The van der Waals surface area contributed by atoms with E-state index in [1.165, 1.54) is 30.3 Å². The summed E-state index contributed by atoms with van der Waals surface area (Å²) in [5, 5.41) is 14.0. The van der Waals surface area contributed by atoms with Crippen molar-refractivity contribution in [2.75, 3.05) is 18.6 Å². The van der Waals surface area contributed by atoms with Gasteiger partial charge in [0.05, 0.1) is 10.9 Å². The average Bonchev–Trinajstić information content (AvgIpc) is 2.79. The van der Waals surface area contributed by atoms with Crippen molar-refractivity contribution < 1.29 is 32.3 Å². The molecule has 0 saturated carbocycles. The molecule has 2 aliphatic heterocycles. The molecule has 1 aromatic carbocycles. The van der Waals surface area contributed by atoms with Crippen molar-refractivity contribution in [3.8, 4) is 5.75 Å². The van der Waals surface area contributed by atoms with Gasteiger partial charge in [0, 0.05) is 31.9 Å². The fraction of sp³-hybridized carbons (Fsp3) is 0.381. The van der Waals surface area contributed by atoms with Gasteiger partial charge in [0.25, 0.3) is 11.8 Å². The van der Waals surface area contributed by atoms with Crippen molar-refractivity contribution in [3.05, 3.63) is 62.3 Å². The molecule has 2 amide bonds. The Labute approximate surface area is 195 Å². The quantitative estimate of drug-likeness (QED) is 0.629. The number of carbonyl (C=O) groups excluding carboxylic acids is 2. The summed E-state index contributed by atoms with van der Waals surface area (Å²) in [6.07, 6.45) is -5.12. The van der Waals surface area contributed by atoms with Gasteiger partial charge >= 0.3 is 6.18 Å². The number of alkyl halides is 3. The maximum atomic E-state index is 14.1. The molecule has 1 fully saturated rings. The normalized spacial score (nSPS) is 20.1. The second-order valence-electron chi connectivity index (χ2n) is 8.13. The molecule has 34 heavy (non-hydrogen) atoms. The van der Waals surface area contributed by atoms with Gasteiger partial charge in [-0.2, -0.15) is 13.2 Å². The second kappa shape index (κ2) is 8.49. The minimum atomic E-state index is -4.44. The standard InChI is InChI=1S/C21H19ClF4N4O4/c1-28-14-7-11(21(24,25)26)5-6-29(14)30-9-12(17(31)18(32)16(30)20(28)34)19(33)27-8-10-3-2-4-13(22)15(10)23/h2-4,9,11,14,32H,5-8H2,1H3,(H,27,33)/t11-,14-/m0/s1. The molecule has 2 aliphatic rings. The number of hydrogen-bond donors (Lipinski definition) is 2. The highest BCUT2D eigenvalue weighted by atomic mass is 35.5. The number of carbonyl (C=O) groups is 2. The van der Waals surface area contributed by atoms with Crippen molar-refractivity contribution in [2.45, 2.75) is 31.7 Å². The Morgan fingerprint density at radius 2 is 2.00 bits per heavy atom. The maximum Gasteiger partial charge on any atom is 0.392 e. The Hall–Kier alpha value is -3.28. The van der Waals surface area contributed by atoms with Crippen LogP contribution in [0.5, 0.6) is 5.75 Å². The summed E-state index contributed by atoms with van der Waals surface area (Å²) >= 11 is 5.71. The van der Waals surface area contributed by atoms with Crippen LogP contribution in [0.3, 0.4) is 0 Å². The molecule has 182 valence electrons. The highest BCUT2D eigenvalue weighted by molar-refractivity contribution is 6.30. The molecule has 0 aliphatic carbocycles. The molecule has 4 rings (SSSR count). The summed E-state index contributed by atoms with van der Waals surface area (Å²) in [4.78, 5) is 39.2. The van der Waals surface area contributed by atoms with Crippen molar-refractivity contribution >= 4 is 23.4 Å². The van der Waals surface area contributed by atoms with Crippen molar-refractivity contribution in [1.29, 1.82) is 0 Å². The van der Waals surface area contributed by atoms with Crippen LogP contribution in [0.2, 0.25) is 5.02 Å². The molecule has 1 saturated heterocycles. The minimum absolute atomic E-state index is 0.0502. The van der Waals surface area contributed by atoms with Crippen LogP contribution in [-0.2, 0) is 6.54 Å². The van der Waals surface area contributed by atoms with E-state index in [9.17, 15) is 37.1 Å². The van der Waals surface area contributed by atoms with E-state index in [1.54, 1.807) is 0 Å². The number of amides is 2. The molecule has 0 bridgehead atoms. The molecule has 13 heteroatoms. The molecule has 3 heterocycles. The molecular formula is C21H19ClF4N4O4. The number of nitrogens with one attached hydrogen (secondary N) is 1. The first-order chi connectivity index (χ1) is 15.9. The SMILES string of the molecule is CN1C(=O)c2c(O)c(=O)c(C(=O)NCc3cccc(Cl)c3F)cn2N2CC[C@H](C(F)(F)F)C[C@@H]12. The topological polar surface area (TPSA) is 94.9 Å². The zero-order valence-corrected chi connectivity index (χ0v) is 18.5. The van der Waals surface area contributed by atoms with E-state index in [1.807, 2.05) is 0 Å². The molecule has 0 radical (unpaired) electrons. The number of hydrogen-bond acceptors (Lipinski definition) is 5. The number of piperidine rings is 1. The van der Waals surface area contributed by atoms with Crippen LogP contribution in [0.15, 0.2) is 29.2 Å². The lowest BCUT2D eigenvalue weighted by Gasteiger charge is -2.49. The number of rotatable bonds is 3. The zero-order valence-electron chi connectivity index (χ0n) is 17.7. The van der Waals surface area contributed by atoms with E-state index in [4.69, 9.17) is 11.6 Å². The molecule has 8 nitrogen and oxygen atoms in total. The van der Waals surface area contributed by atoms with Crippen molar-refractivity contribution in [1.82, 2.24) is 14.9 Å². The first-order valence-corrected chi connectivity index (χ1v) is 10.6. The van der Waals surface area contributed by atoms with Crippen LogP contribution in [-0.4, -0.2) is 52.4 Å². The number of benzene rings is 1.